The van der Waals surface area contributed by atoms with Crippen LogP contribution in [0, 0.1) is 5.82 Å². The quantitative estimate of drug-likeness (QED) is 0.264. The van der Waals surface area contributed by atoms with Gasteiger partial charge in [-0.2, -0.15) is 23.1 Å². The smallest absolute Gasteiger partial charge is 0.387 e. The second-order valence-corrected chi connectivity index (χ2v) is 6.08. The Morgan fingerprint density at radius 3 is 2.21 bits per heavy atom. The summed E-state index contributed by atoms with van der Waals surface area (Å²) in [6, 6.07) is 11.2. The van der Waals surface area contributed by atoms with E-state index in [4.69, 9.17) is 9.47 Å². The first-order valence-corrected chi connectivity index (χ1v) is 9.42. The van der Waals surface area contributed by atoms with Gasteiger partial charge in [-0.1, -0.05) is 29.4 Å². The van der Waals surface area contributed by atoms with Gasteiger partial charge in [0.2, 0.25) is 5.82 Å². The van der Waals surface area contributed by atoms with E-state index in [1.807, 2.05) is 0 Å². The van der Waals surface area contributed by atoms with Crippen LogP contribution in [0.1, 0.15) is 5.56 Å². The summed E-state index contributed by atoms with van der Waals surface area (Å²) in [7, 11) is 1.32. The molecule has 3 rings (SSSR count). The number of hydrogen-bond acceptors (Lipinski definition) is 8. The normalized spacial score (nSPS) is 11.2. The molecule has 9 nitrogen and oxygen atoms in total. The molecule has 1 heterocycles. The predicted molar refractivity (Wildman–Crippen MR) is 109 cm³/mol. The van der Waals surface area contributed by atoms with Crippen LogP contribution in [0.3, 0.4) is 0 Å². The molecule has 13 heteroatoms. The van der Waals surface area contributed by atoms with Crippen LogP contribution in [0.5, 0.6) is 29.0 Å². The lowest BCUT2D eigenvalue weighted by molar-refractivity contribution is -0.114. The van der Waals surface area contributed by atoms with Crippen LogP contribution in [0.25, 0.3) is 0 Å². The molecule has 1 N–H and O–H groups in total. The Kier molecular flexibility index (Phi) is 8.16. The minimum Gasteiger partial charge on any atom is -0.436 e. The van der Waals surface area contributed by atoms with Gasteiger partial charge >= 0.3 is 6.61 Å². The largest absolute Gasteiger partial charge is 0.436 e. The van der Waals surface area contributed by atoms with Gasteiger partial charge in [-0.3, -0.25) is 4.79 Å². The molecule has 0 aliphatic rings. The highest BCUT2D eigenvalue weighted by atomic mass is 19.3. The van der Waals surface area contributed by atoms with E-state index in [0.29, 0.717) is 0 Å². The van der Waals surface area contributed by atoms with Gasteiger partial charge in [0.05, 0.1) is 5.56 Å². The first-order chi connectivity index (χ1) is 16.4. The average molecular weight is 480 g/mol. The van der Waals surface area contributed by atoms with Crippen molar-refractivity contribution in [1.82, 2.24) is 15.3 Å². The monoisotopic (exact) mass is 480 g/mol. The summed E-state index contributed by atoms with van der Waals surface area (Å²) in [4.78, 5) is 23.9. The molecule has 0 aliphatic carbocycles. The summed E-state index contributed by atoms with van der Waals surface area (Å²) in [5.74, 6) is -3.83. The number of hydrogen-bond donors (Lipinski definition) is 1. The summed E-state index contributed by atoms with van der Waals surface area (Å²) >= 11 is 0. The number of alkyl halides is 3. The van der Waals surface area contributed by atoms with Crippen LogP contribution < -0.4 is 19.5 Å². The van der Waals surface area contributed by atoms with Gasteiger partial charge in [0.25, 0.3) is 24.5 Å². The molecule has 0 bridgehead atoms. The number of para-hydroxylation sites is 3. The second-order valence-electron chi connectivity index (χ2n) is 6.08. The van der Waals surface area contributed by atoms with Crippen LogP contribution in [-0.2, 0) is 9.63 Å². The van der Waals surface area contributed by atoms with E-state index in [0.717, 1.165) is 6.33 Å². The van der Waals surface area contributed by atoms with Crippen molar-refractivity contribution < 1.29 is 41.4 Å². The van der Waals surface area contributed by atoms with E-state index < -0.39 is 37.0 Å². The van der Waals surface area contributed by atoms with Gasteiger partial charge < -0.3 is 24.4 Å². The van der Waals surface area contributed by atoms with Crippen LogP contribution in [0.2, 0.25) is 0 Å². The van der Waals surface area contributed by atoms with E-state index in [2.05, 4.69) is 30.0 Å². The fourth-order valence-electron chi connectivity index (χ4n) is 2.59. The maximum absolute atomic E-state index is 15.1. The average Bonchev–Trinajstić information content (AvgIpc) is 2.83. The van der Waals surface area contributed by atoms with Gasteiger partial charge in [0, 0.05) is 7.05 Å². The van der Waals surface area contributed by atoms with Crippen molar-refractivity contribution in [3.05, 3.63) is 66.2 Å². The number of nitrogens with one attached hydrogen (secondary N) is 1. The Morgan fingerprint density at radius 1 is 1.00 bits per heavy atom. The van der Waals surface area contributed by atoms with Gasteiger partial charge in [-0.25, -0.2) is 4.39 Å². The highest BCUT2D eigenvalue weighted by Crippen LogP contribution is 2.35. The van der Waals surface area contributed by atoms with Gasteiger partial charge in [0.1, 0.15) is 12.1 Å². The van der Waals surface area contributed by atoms with E-state index >= 15 is 4.39 Å². The molecule has 2 aromatic carbocycles. The van der Waals surface area contributed by atoms with Crippen molar-refractivity contribution in [2.45, 2.75) is 6.61 Å². The summed E-state index contributed by atoms with van der Waals surface area (Å²) in [6.07, 6.45) is 0.910. The number of carbonyl (C=O) groups excluding carboxylic acids is 1. The molecule has 0 radical (unpaired) electrons. The third kappa shape index (κ3) is 5.88. The molecule has 1 amide bonds. The first-order valence-electron chi connectivity index (χ1n) is 9.42. The van der Waals surface area contributed by atoms with Crippen LogP contribution in [0.15, 0.2) is 60.0 Å². The van der Waals surface area contributed by atoms with Gasteiger partial charge in [-0.05, 0) is 24.3 Å². The molecule has 0 spiro atoms. The number of likely N-dealkylation sites (N-methyl/N-ethyl adjacent to an activating group) is 1. The number of nitrogens with zero attached hydrogens (tertiary/aromatic N) is 3. The number of halogens is 4. The maximum Gasteiger partial charge on any atom is 0.387 e. The second kappa shape index (κ2) is 11.4. The SMILES string of the molecule is CNC(=O)C(=NOCF)c1ccccc1Oc1ncnc(Oc2ccccc2OC(F)F)c1F. The molecule has 0 saturated carbocycles. The number of oxime groups is 1. The van der Waals surface area contributed by atoms with Gasteiger partial charge in [-0.15, -0.1) is 0 Å². The summed E-state index contributed by atoms with van der Waals surface area (Å²) < 4.78 is 67.9. The molecule has 0 saturated heterocycles. The Labute approximate surface area is 189 Å². The maximum atomic E-state index is 15.1. The zero-order valence-corrected chi connectivity index (χ0v) is 17.4. The molecule has 34 heavy (non-hydrogen) atoms. The van der Waals surface area contributed by atoms with Crippen molar-refractivity contribution in [3.8, 4) is 29.0 Å². The number of carbonyl (C=O) groups is 1. The Balaban J connectivity index is 1.94. The zero-order valence-electron chi connectivity index (χ0n) is 17.4. The van der Waals surface area contributed by atoms with Crippen molar-refractivity contribution in [2.24, 2.45) is 5.16 Å². The van der Waals surface area contributed by atoms with E-state index in [1.165, 1.54) is 55.6 Å². The zero-order chi connectivity index (χ0) is 24.5. The minimum absolute atomic E-state index is 0.0338. The molecule has 0 atom stereocenters. The van der Waals surface area contributed by atoms with E-state index in [-0.39, 0.29) is 28.5 Å². The standard InChI is InChI=1S/C21H16F4N4O5/c1-26-18(30)17(29-31-10-22)12-6-2-3-7-13(12)32-19-16(23)20(28-11-27-19)33-14-8-4-5-9-15(14)34-21(24)25/h2-9,11,21H,10H2,1H3,(H,26,30). The van der Waals surface area contributed by atoms with Crippen molar-refractivity contribution in [1.29, 1.82) is 0 Å². The first kappa shape index (κ1) is 24.2. The number of rotatable bonds is 10. The lowest BCUT2D eigenvalue weighted by Crippen LogP contribution is -2.29. The predicted octanol–water partition coefficient (Wildman–Crippen LogP) is 4.20. The number of amides is 1. The van der Waals surface area contributed by atoms with Crippen LogP contribution in [-0.4, -0.2) is 42.1 Å². The van der Waals surface area contributed by atoms with Crippen molar-refractivity contribution >= 4 is 11.6 Å². The Morgan fingerprint density at radius 2 is 1.59 bits per heavy atom. The lowest BCUT2D eigenvalue weighted by Gasteiger charge is -2.14. The number of ether oxygens (including phenoxy) is 3. The van der Waals surface area contributed by atoms with Crippen LogP contribution in [0.4, 0.5) is 17.6 Å². The molecule has 0 unspecified atom stereocenters. The molecule has 1 aromatic heterocycles. The topological polar surface area (TPSA) is 104 Å². The van der Waals surface area contributed by atoms with Crippen LogP contribution >= 0.6 is 0 Å². The van der Waals surface area contributed by atoms with Crippen molar-refractivity contribution in [3.63, 3.8) is 0 Å². The summed E-state index contributed by atoms with van der Waals surface area (Å²) in [5, 5.41) is 5.76. The minimum atomic E-state index is -3.13. The highest BCUT2D eigenvalue weighted by molar-refractivity contribution is 6.45. The number of benzene rings is 2. The summed E-state index contributed by atoms with van der Waals surface area (Å²) in [6.45, 7) is -4.42. The van der Waals surface area contributed by atoms with Gasteiger partial charge in [0.15, 0.2) is 17.2 Å². The summed E-state index contributed by atoms with van der Waals surface area (Å²) in [5.41, 5.74) is -0.314. The Hall–Kier alpha value is -4.42. The van der Waals surface area contributed by atoms with E-state index in [9.17, 15) is 18.0 Å². The van der Waals surface area contributed by atoms with E-state index in [1.54, 1.807) is 0 Å². The molecular formula is C21H16F4N4O5. The highest BCUT2D eigenvalue weighted by Gasteiger charge is 2.22. The van der Waals surface area contributed by atoms with Crippen molar-refractivity contribution in [2.75, 3.05) is 13.9 Å². The third-order valence-corrected chi connectivity index (χ3v) is 3.99. The molecule has 0 fully saturated rings. The molecule has 3 aromatic rings. The third-order valence-electron chi connectivity index (χ3n) is 3.99. The lowest BCUT2D eigenvalue weighted by atomic mass is 10.1. The fraction of sp³-hybridized carbons (Fsp3) is 0.143. The number of aromatic nitrogens is 2. The molecule has 178 valence electrons. The molecule has 0 aliphatic heterocycles. The fourth-order valence-corrected chi connectivity index (χ4v) is 2.59. The Bertz CT molecular complexity index is 1180. The molecular weight excluding hydrogens is 464 g/mol.